The van der Waals surface area contributed by atoms with E-state index in [1.165, 1.54) is 0 Å². The molecule has 1 aromatic heterocycles. The molecule has 2 rings (SSSR count). The maximum atomic E-state index is 14.1. The fourth-order valence-electron chi connectivity index (χ4n) is 2.19. The van der Waals surface area contributed by atoms with Crippen molar-refractivity contribution >= 4 is 0 Å². The number of hydrogen-bond acceptors (Lipinski definition) is 5. The number of ether oxygens (including phenoxy) is 1. The second-order valence-corrected chi connectivity index (χ2v) is 4.49. The summed E-state index contributed by atoms with van der Waals surface area (Å²) in [6.45, 7) is 1.06. The van der Waals surface area contributed by atoms with Gasteiger partial charge in [-0.3, -0.25) is 14.3 Å². The van der Waals surface area contributed by atoms with Crippen LogP contribution in [-0.2, 0) is 4.74 Å². The number of aliphatic hydroxyl groups is 2. The molecule has 19 heavy (non-hydrogen) atoms. The average molecular weight is 274 g/mol. The third kappa shape index (κ3) is 2.11. The van der Waals surface area contributed by atoms with Crippen LogP contribution in [0.25, 0.3) is 0 Å². The number of nitrogens with one attached hydrogen (secondary N) is 1. The number of alkyl halides is 1. The molecule has 0 amide bonds. The molecule has 0 radical (unpaired) electrons. The van der Waals surface area contributed by atoms with Crippen molar-refractivity contribution in [1.82, 2.24) is 9.55 Å². The Morgan fingerprint density at radius 1 is 1.58 bits per heavy atom. The highest BCUT2D eigenvalue weighted by molar-refractivity contribution is 5.01. The number of aromatic nitrogens is 2. The van der Waals surface area contributed by atoms with Crippen molar-refractivity contribution in [1.29, 1.82) is 0 Å². The molecule has 4 unspecified atom stereocenters. The van der Waals surface area contributed by atoms with Gasteiger partial charge in [0.05, 0.1) is 6.61 Å². The summed E-state index contributed by atoms with van der Waals surface area (Å²) in [7, 11) is 0. The molecule has 1 saturated heterocycles. The number of aliphatic hydroxyl groups excluding tert-OH is 2. The topological polar surface area (TPSA) is 105 Å². The van der Waals surface area contributed by atoms with Crippen LogP contribution in [0.15, 0.2) is 21.9 Å². The van der Waals surface area contributed by atoms with Gasteiger partial charge >= 0.3 is 5.69 Å². The second kappa shape index (κ2) is 4.87. The Labute approximate surface area is 107 Å². The first-order valence-electron chi connectivity index (χ1n) is 5.87. The van der Waals surface area contributed by atoms with E-state index in [0.717, 1.165) is 16.8 Å². The molecule has 8 heteroatoms. The SMILES string of the molecule is CCC1(CO)OC(n2ccc(=O)[nH]c2=O)C(F)C1O. The van der Waals surface area contributed by atoms with Gasteiger partial charge in [-0.2, -0.15) is 0 Å². The van der Waals surface area contributed by atoms with Crippen LogP contribution in [0.3, 0.4) is 0 Å². The highest BCUT2D eigenvalue weighted by Gasteiger charge is 2.54. The number of aromatic amines is 1. The second-order valence-electron chi connectivity index (χ2n) is 4.49. The molecular formula is C11H15FN2O5. The number of halogens is 1. The van der Waals surface area contributed by atoms with Crippen molar-refractivity contribution in [3.63, 3.8) is 0 Å². The van der Waals surface area contributed by atoms with Crippen molar-refractivity contribution in [2.45, 2.75) is 37.4 Å². The van der Waals surface area contributed by atoms with Gasteiger partial charge in [-0.05, 0) is 6.42 Å². The number of nitrogens with zero attached hydrogens (tertiary/aromatic N) is 1. The number of H-pyrrole nitrogens is 1. The predicted molar refractivity (Wildman–Crippen MR) is 62.5 cm³/mol. The summed E-state index contributed by atoms with van der Waals surface area (Å²) in [4.78, 5) is 24.5. The third-order valence-electron chi connectivity index (χ3n) is 3.46. The molecule has 1 aliphatic rings. The van der Waals surface area contributed by atoms with Crippen molar-refractivity contribution < 1.29 is 19.3 Å². The number of hydrogen-bond donors (Lipinski definition) is 3. The molecule has 0 spiro atoms. The van der Waals surface area contributed by atoms with Crippen LogP contribution < -0.4 is 11.2 Å². The van der Waals surface area contributed by atoms with Crippen molar-refractivity contribution in [3.05, 3.63) is 33.1 Å². The Balaban J connectivity index is 2.42. The molecule has 106 valence electrons. The van der Waals surface area contributed by atoms with Gasteiger partial charge in [0.15, 0.2) is 12.4 Å². The molecule has 0 aromatic carbocycles. The van der Waals surface area contributed by atoms with E-state index in [1.54, 1.807) is 6.92 Å². The lowest BCUT2D eigenvalue weighted by molar-refractivity contribution is -0.130. The van der Waals surface area contributed by atoms with E-state index in [4.69, 9.17) is 4.74 Å². The monoisotopic (exact) mass is 274 g/mol. The van der Waals surface area contributed by atoms with Gasteiger partial charge < -0.3 is 14.9 Å². The van der Waals surface area contributed by atoms with E-state index >= 15 is 0 Å². The van der Waals surface area contributed by atoms with Crippen LogP contribution in [-0.4, -0.2) is 44.2 Å². The zero-order valence-corrected chi connectivity index (χ0v) is 10.2. The van der Waals surface area contributed by atoms with E-state index in [0.29, 0.717) is 0 Å². The van der Waals surface area contributed by atoms with Gasteiger partial charge in [-0.25, -0.2) is 9.18 Å². The zero-order chi connectivity index (χ0) is 14.2. The molecule has 7 nitrogen and oxygen atoms in total. The van der Waals surface area contributed by atoms with E-state index in [1.807, 2.05) is 4.98 Å². The Bertz CT molecular complexity index is 565. The van der Waals surface area contributed by atoms with Crippen LogP contribution in [0, 0.1) is 0 Å². The Kier molecular flexibility index (Phi) is 3.57. The van der Waals surface area contributed by atoms with Crippen LogP contribution in [0.2, 0.25) is 0 Å². The predicted octanol–water partition coefficient (Wildman–Crippen LogP) is -1.09. The summed E-state index contributed by atoms with van der Waals surface area (Å²) >= 11 is 0. The quantitative estimate of drug-likeness (QED) is 0.649. The molecule has 3 N–H and O–H groups in total. The van der Waals surface area contributed by atoms with Gasteiger partial charge in [0, 0.05) is 12.3 Å². The lowest BCUT2D eigenvalue weighted by Crippen LogP contribution is -2.44. The molecule has 1 aliphatic heterocycles. The average Bonchev–Trinajstić information content (AvgIpc) is 2.64. The van der Waals surface area contributed by atoms with Crippen LogP contribution >= 0.6 is 0 Å². The van der Waals surface area contributed by atoms with Crippen molar-refractivity contribution in [2.75, 3.05) is 6.61 Å². The van der Waals surface area contributed by atoms with E-state index in [9.17, 15) is 24.2 Å². The minimum atomic E-state index is -1.88. The molecule has 0 bridgehead atoms. The van der Waals surface area contributed by atoms with Gasteiger partial charge in [-0.1, -0.05) is 6.92 Å². The Morgan fingerprint density at radius 2 is 2.26 bits per heavy atom. The van der Waals surface area contributed by atoms with Crippen LogP contribution in [0.4, 0.5) is 4.39 Å². The molecule has 4 atom stereocenters. The lowest BCUT2D eigenvalue weighted by atomic mass is 9.94. The summed E-state index contributed by atoms with van der Waals surface area (Å²) in [6.07, 6.45) is -3.54. The standard InChI is InChI=1S/C11H15FN2O5/c1-2-11(5-15)8(17)7(12)9(19-11)14-4-3-6(16)13-10(14)18/h3-4,7-9,15,17H,2,5H2,1H3,(H,13,16,18). The van der Waals surface area contributed by atoms with Gasteiger partial charge in [0.2, 0.25) is 0 Å². The molecule has 1 aromatic rings. The maximum Gasteiger partial charge on any atom is 0.330 e. The molecular weight excluding hydrogens is 259 g/mol. The summed E-state index contributed by atoms with van der Waals surface area (Å²) in [5, 5.41) is 19.1. The van der Waals surface area contributed by atoms with E-state index in [2.05, 4.69) is 0 Å². The van der Waals surface area contributed by atoms with Crippen molar-refractivity contribution in [3.8, 4) is 0 Å². The van der Waals surface area contributed by atoms with Crippen molar-refractivity contribution in [2.24, 2.45) is 0 Å². The van der Waals surface area contributed by atoms with Gasteiger partial charge in [-0.15, -0.1) is 0 Å². The highest BCUT2D eigenvalue weighted by atomic mass is 19.1. The first-order valence-corrected chi connectivity index (χ1v) is 5.87. The molecule has 2 heterocycles. The summed E-state index contributed by atoms with van der Waals surface area (Å²) in [6, 6.07) is 1.05. The minimum absolute atomic E-state index is 0.180. The Hall–Kier alpha value is -1.51. The van der Waals surface area contributed by atoms with Crippen LogP contribution in [0.1, 0.15) is 19.6 Å². The largest absolute Gasteiger partial charge is 0.393 e. The molecule has 0 saturated carbocycles. The maximum absolute atomic E-state index is 14.1. The molecule has 0 aliphatic carbocycles. The molecule has 1 fully saturated rings. The normalized spacial score (nSPS) is 34.6. The van der Waals surface area contributed by atoms with Gasteiger partial charge in [0.25, 0.3) is 5.56 Å². The zero-order valence-electron chi connectivity index (χ0n) is 10.2. The highest BCUT2D eigenvalue weighted by Crippen LogP contribution is 2.40. The Morgan fingerprint density at radius 3 is 2.74 bits per heavy atom. The lowest BCUT2D eigenvalue weighted by Gasteiger charge is -2.28. The summed E-state index contributed by atoms with van der Waals surface area (Å²) < 4.78 is 20.3. The van der Waals surface area contributed by atoms with E-state index in [-0.39, 0.29) is 6.42 Å². The first kappa shape index (κ1) is 13.9. The van der Waals surface area contributed by atoms with Crippen LogP contribution in [0.5, 0.6) is 0 Å². The number of rotatable bonds is 3. The minimum Gasteiger partial charge on any atom is -0.393 e. The smallest absolute Gasteiger partial charge is 0.330 e. The first-order chi connectivity index (χ1) is 8.95. The summed E-state index contributed by atoms with van der Waals surface area (Å²) in [5.41, 5.74) is -2.89. The summed E-state index contributed by atoms with van der Waals surface area (Å²) in [5.74, 6) is 0. The van der Waals surface area contributed by atoms with E-state index < -0.39 is 42.0 Å². The fourth-order valence-corrected chi connectivity index (χ4v) is 2.19. The fraction of sp³-hybridized carbons (Fsp3) is 0.636. The van der Waals surface area contributed by atoms with Gasteiger partial charge in [0.1, 0.15) is 11.7 Å². The third-order valence-corrected chi connectivity index (χ3v) is 3.46.